The third-order valence-corrected chi connectivity index (χ3v) is 2.41. The normalized spacial score (nSPS) is 9.94. The van der Waals surface area contributed by atoms with Crippen molar-refractivity contribution in [3.63, 3.8) is 0 Å². The molecule has 0 saturated carbocycles. The van der Waals surface area contributed by atoms with Crippen LogP contribution in [0.3, 0.4) is 0 Å². The second-order valence-corrected chi connectivity index (χ2v) is 3.43. The van der Waals surface area contributed by atoms with Crippen LogP contribution in [0.2, 0.25) is 0 Å². The summed E-state index contributed by atoms with van der Waals surface area (Å²) in [5.41, 5.74) is 4.46. The predicted molar refractivity (Wildman–Crippen MR) is 63.7 cm³/mol. The molecule has 17 heavy (non-hydrogen) atoms. The number of aryl methyl sites for hydroxylation is 1. The number of pyridine rings is 1. The van der Waals surface area contributed by atoms with E-state index in [0.29, 0.717) is 11.4 Å². The summed E-state index contributed by atoms with van der Waals surface area (Å²) in [5.74, 6) is 5.69. The molecule has 0 aliphatic carbocycles. The minimum atomic E-state index is 0.370. The van der Waals surface area contributed by atoms with Gasteiger partial charge in [0.15, 0.2) is 5.82 Å². The molecule has 0 unspecified atom stereocenters. The molecule has 2 aromatic heterocycles. The van der Waals surface area contributed by atoms with E-state index in [1.807, 2.05) is 23.9 Å². The van der Waals surface area contributed by atoms with Gasteiger partial charge in [-0.05, 0) is 19.1 Å². The fourth-order valence-corrected chi connectivity index (χ4v) is 1.49. The first-order chi connectivity index (χ1) is 8.28. The summed E-state index contributed by atoms with van der Waals surface area (Å²) in [6, 6.07) is 5.47. The van der Waals surface area contributed by atoms with Crippen molar-refractivity contribution < 1.29 is 0 Å². The van der Waals surface area contributed by atoms with Crippen molar-refractivity contribution in [3.8, 4) is 17.3 Å². The lowest BCUT2D eigenvalue weighted by Crippen LogP contribution is -2.10. The van der Waals surface area contributed by atoms with Gasteiger partial charge in [-0.25, -0.2) is 10.8 Å². The molecule has 2 heterocycles. The largest absolute Gasteiger partial charge is 0.307 e. The molecule has 0 aliphatic heterocycles. The smallest absolute Gasteiger partial charge is 0.158 e. The van der Waals surface area contributed by atoms with Gasteiger partial charge in [0.25, 0.3) is 0 Å². The predicted octanol–water partition coefficient (Wildman–Crippen LogP) is 1.12. The first-order valence-electron chi connectivity index (χ1n) is 5.19. The van der Waals surface area contributed by atoms with E-state index in [1.54, 1.807) is 18.3 Å². The Hall–Kier alpha value is -2.39. The lowest BCUT2D eigenvalue weighted by molar-refractivity contribution is 0.660. The number of nitriles is 1. The first-order valence-corrected chi connectivity index (χ1v) is 5.19. The zero-order valence-electron chi connectivity index (χ0n) is 9.38. The fraction of sp³-hybridized carbons (Fsp3) is 0.182. The molecule has 0 spiro atoms. The summed E-state index contributed by atoms with van der Waals surface area (Å²) in [6.07, 6.45) is 3.63. The van der Waals surface area contributed by atoms with Crippen molar-refractivity contribution in [2.45, 2.75) is 13.5 Å². The number of hydrazine groups is 1. The first kappa shape index (κ1) is 11.1. The third kappa shape index (κ3) is 2.09. The molecule has 0 amide bonds. The second kappa shape index (κ2) is 4.63. The summed E-state index contributed by atoms with van der Waals surface area (Å²) in [4.78, 5) is 4.27. The highest BCUT2D eigenvalue weighted by Crippen LogP contribution is 2.20. The Kier molecular flexibility index (Phi) is 3.03. The van der Waals surface area contributed by atoms with Gasteiger partial charge in [0.1, 0.15) is 6.07 Å². The van der Waals surface area contributed by atoms with Crippen molar-refractivity contribution in [1.29, 1.82) is 5.26 Å². The average molecular weight is 228 g/mol. The molecule has 2 rings (SSSR count). The molecule has 6 heteroatoms. The molecular formula is C11H12N6. The molecule has 0 radical (unpaired) electrons. The Morgan fingerprint density at radius 2 is 2.35 bits per heavy atom. The summed E-state index contributed by atoms with van der Waals surface area (Å²) in [6.45, 7) is 2.81. The zero-order chi connectivity index (χ0) is 12.3. The van der Waals surface area contributed by atoms with Crippen LogP contribution in [-0.4, -0.2) is 14.8 Å². The van der Waals surface area contributed by atoms with Gasteiger partial charge in [-0.3, -0.25) is 4.68 Å². The highest BCUT2D eigenvalue weighted by Gasteiger charge is 2.07. The number of nitrogens with zero attached hydrogens (tertiary/aromatic N) is 4. The van der Waals surface area contributed by atoms with Gasteiger partial charge in [0.05, 0.1) is 17.5 Å². The zero-order valence-corrected chi connectivity index (χ0v) is 9.38. The van der Waals surface area contributed by atoms with Gasteiger partial charge in [-0.2, -0.15) is 10.4 Å². The number of hydrogen-bond acceptors (Lipinski definition) is 5. The van der Waals surface area contributed by atoms with Crippen molar-refractivity contribution in [3.05, 3.63) is 30.1 Å². The van der Waals surface area contributed by atoms with Gasteiger partial charge >= 0.3 is 0 Å². The molecule has 0 aromatic carbocycles. The molecule has 6 nitrogen and oxygen atoms in total. The van der Waals surface area contributed by atoms with Crippen molar-refractivity contribution >= 4 is 5.82 Å². The Labute approximate surface area is 98.7 Å². The maximum Gasteiger partial charge on any atom is 0.158 e. The van der Waals surface area contributed by atoms with E-state index >= 15 is 0 Å². The standard InChI is InChI=1S/C11H12N6/c1-2-17-7-9(6-14-17)10-4-3-8(5-12)11(15-10)16-13/h3-4,6-7H,2,13H2,1H3,(H,15,16). The highest BCUT2D eigenvalue weighted by molar-refractivity contribution is 5.63. The molecule has 86 valence electrons. The van der Waals surface area contributed by atoms with Crippen molar-refractivity contribution in [1.82, 2.24) is 14.8 Å². The molecule has 0 aliphatic rings. The molecule has 0 bridgehead atoms. The lowest BCUT2D eigenvalue weighted by atomic mass is 10.2. The summed E-state index contributed by atoms with van der Waals surface area (Å²) in [7, 11) is 0. The van der Waals surface area contributed by atoms with Crippen LogP contribution in [0, 0.1) is 11.3 Å². The number of rotatable bonds is 3. The van der Waals surface area contributed by atoms with Crippen molar-refractivity contribution in [2.24, 2.45) is 5.84 Å². The van der Waals surface area contributed by atoms with E-state index in [9.17, 15) is 0 Å². The van der Waals surface area contributed by atoms with Crippen LogP contribution in [0.15, 0.2) is 24.5 Å². The number of nitrogens with one attached hydrogen (secondary N) is 1. The van der Waals surface area contributed by atoms with E-state index < -0.39 is 0 Å². The topological polar surface area (TPSA) is 92.5 Å². The minimum Gasteiger partial charge on any atom is -0.307 e. The monoisotopic (exact) mass is 228 g/mol. The highest BCUT2D eigenvalue weighted by atomic mass is 15.3. The van der Waals surface area contributed by atoms with Crippen LogP contribution < -0.4 is 11.3 Å². The second-order valence-electron chi connectivity index (χ2n) is 3.43. The van der Waals surface area contributed by atoms with E-state index in [-0.39, 0.29) is 0 Å². The molecule has 2 aromatic rings. The van der Waals surface area contributed by atoms with Crippen LogP contribution in [0.1, 0.15) is 12.5 Å². The number of hydrogen-bond donors (Lipinski definition) is 2. The average Bonchev–Trinajstić information content (AvgIpc) is 2.86. The lowest BCUT2D eigenvalue weighted by Gasteiger charge is -2.03. The van der Waals surface area contributed by atoms with Crippen LogP contribution in [0.5, 0.6) is 0 Å². The Bertz CT molecular complexity index is 566. The third-order valence-electron chi connectivity index (χ3n) is 2.41. The quantitative estimate of drug-likeness (QED) is 0.606. The summed E-state index contributed by atoms with van der Waals surface area (Å²) >= 11 is 0. The molecule has 3 N–H and O–H groups in total. The number of aromatic nitrogens is 3. The van der Waals surface area contributed by atoms with Crippen LogP contribution >= 0.6 is 0 Å². The minimum absolute atomic E-state index is 0.370. The summed E-state index contributed by atoms with van der Waals surface area (Å²) < 4.78 is 1.81. The molecule has 0 fully saturated rings. The number of nitrogen functional groups attached to an aromatic ring is 1. The van der Waals surface area contributed by atoms with Crippen molar-refractivity contribution in [2.75, 3.05) is 5.43 Å². The summed E-state index contributed by atoms with van der Waals surface area (Å²) in [5, 5.41) is 13.0. The van der Waals surface area contributed by atoms with E-state index in [0.717, 1.165) is 17.8 Å². The van der Waals surface area contributed by atoms with Crippen LogP contribution in [0.4, 0.5) is 5.82 Å². The molecular weight excluding hydrogens is 216 g/mol. The maximum absolute atomic E-state index is 8.85. The van der Waals surface area contributed by atoms with E-state index in [1.165, 1.54) is 0 Å². The van der Waals surface area contributed by atoms with Gasteiger partial charge in [-0.1, -0.05) is 0 Å². The fourth-order valence-electron chi connectivity index (χ4n) is 1.49. The van der Waals surface area contributed by atoms with Gasteiger partial charge in [0.2, 0.25) is 0 Å². The van der Waals surface area contributed by atoms with E-state index in [2.05, 4.69) is 15.5 Å². The Morgan fingerprint density at radius 3 is 2.94 bits per heavy atom. The maximum atomic E-state index is 8.85. The van der Waals surface area contributed by atoms with Gasteiger partial charge in [0, 0.05) is 18.3 Å². The molecule has 0 saturated heterocycles. The van der Waals surface area contributed by atoms with Gasteiger partial charge < -0.3 is 5.43 Å². The van der Waals surface area contributed by atoms with Crippen LogP contribution in [-0.2, 0) is 6.54 Å². The Balaban J connectivity index is 2.43. The SMILES string of the molecule is CCn1cc(-c2ccc(C#N)c(NN)n2)cn1. The molecule has 0 atom stereocenters. The number of anilines is 1. The van der Waals surface area contributed by atoms with Crippen LogP contribution in [0.25, 0.3) is 11.3 Å². The number of nitrogens with two attached hydrogens (primary N) is 1. The van der Waals surface area contributed by atoms with Gasteiger partial charge in [-0.15, -0.1) is 0 Å². The Morgan fingerprint density at radius 1 is 1.53 bits per heavy atom. The van der Waals surface area contributed by atoms with E-state index in [4.69, 9.17) is 11.1 Å².